The molecular formula is C18H19NO2. The monoisotopic (exact) mass is 281 g/mol. The molecular weight excluding hydrogens is 262 g/mol. The van der Waals surface area contributed by atoms with Crippen LogP contribution in [0.25, 0.3) is 0 Å². The Kier molecular flexibility index (Phi) is 3.65. The molecule has 1 unspecified atom stereocenters. The quantitative estimate of drug-likeness (QED) is 0.923. The fourth-order valence-corrected chi connectivity index (χ4v) is 2.90. The van der Waals surface area contributed by atoms with E-state index in [0.717, 1.165) is 12.2 Å². The summed E-state index contributed by atoms with van der Waals surface area (Å²) >= 11 is 0. The fraction of sp³-hybridized carbons (Fsp3) is 0.278. The molecule has 1 amide bonds. The van der Waals surface area contributed by atoms with Gasteiger partial charge in [-0.2, -0.15) is 0 Å². The Labute approximate surface area is 124 Å². The zero-order chi connectivity index (χ0) is 14.8. The molecule has 21 heavy (non-hydrogen) atoms. The maximum atomic E-state index is 11.0. The molecule has 3 rings (SSSR count). The average molecular weight is 281 g/mol. The first-order chi connectivity index (χ1) is 10.1. The van der Waals surface area contributed by atoms with E-state index < -0.39 is 5.91 Å². The van der Waals surface area contributed by atoms with Crippen LogP contribution in [-0.2, 0) is 6.42 Å². The van der Waals surface area contributed by atoms with E-state index in [1.165, 1.54) is 24.0 Å². The second-order valence-corrected chi connectivity index (χ2v) is 5.64. The Morgan fingerprint density at radius 1 is 1.14 bits per heavy atom. The number of amides is 1. The smallest absolute Gasteiger partial charge is 0.248 e. The minimum absolute atomic E-state index is 0.427. The van der Waals surface area contributed by atoms with Gasteiger partial charge in [0.05, 0.1) is 0 Å². The van der Waals surface area contributed by atoms with Gasteiger partial charge >= 0.3 is 0 Å². The number of benzene rings is 2. The predicted molar refractivity (Wildman–Crippen MR) is 82.8 cm³/mol. The van der Waals surface area contributed by atoms with Crippen LogP contribution in [0, 0.1) is 0 Å². The lowest BCUT2D eigenvalue weighted by Crippen LogP contribution is -2.10. The van der Waals surface area contributed by atoms with E-state index >= 15 is 0 Å². The van der Waals surface area contributed by atoms with Crippen molar-refractivity contribution in [2.24, 2.45) is 5.73 Å². The van der Waals surface area contributed by atoms with Gasteiger partial charge in [0.25, 0.3) is 0 Å². The molecule has 1 atom stereocenters. The van der Waals surface area contributed by atoms with Gasteiger partial charge in [-0.25, -0.2) is 0 Å². The molecule has 1 aliphatic carbocycles. The minimum Gasteiger partial charge on any atom is -0.457 e. The Morgan fingerprint density at radius 2 is 1.86 bits per heavy atom. The highest BCUT2D eigenvalue weighted by Gasteiger charge is 2.17. The molecule has 2 aromatic carbocycles. The van der Waals surface area contributed by atoms with E-state index in [1.54, 1.807) is 24.3 Å². The highest BCUT2D eigenvalue weighted by molar-refractivity contribution is 5.92. The molecule has 0 fully saturated rings. The fourth-order valence-electron chi connectivity index (χ4n) is 2.90. The van der Waals surface area contributed by atoms with Crippen LogP contribution in [0.5, 0.6) is 11.5 Å². The van der Waals surface area contributed by atoms with E-state index in [9.17, 15) is 4.79 Å². The molecule has 0 aromatic heterocycles. The Hall–Kier alpha value is -2.29. The van der Waals surface area contributed by atoms with E-state index in [2.05, 4.69) is 19.1 Å². The summed E-state index contributed by atoms with van der Waals surface area (Å²) in [5, 5.41) is 0. The molecule has 0 aliphatic heterocycles. The van der Waals surface area contributed by atoms with Crippen LogP contribution in [0.3, 0.4) is 0 Å². The van der Waals surface area contributed by atoms with Crippen molar-refractivity contribution in [2.45, 2.75) is 32.1 Å². The summed E-state index contributed by atoms with van der Waals surface area (Å²) < 4.78 is 5.88. The third-order valence-electron chi connectivity index (χ3n) is 4.11. The van der Waals surface area contributed by atoms with Crippen LogP contribution in [0.2, 0.25) is 0 Å². The average Bonchev–Trinajstić information content (AvgIpc) is 2.49. The normalized spacial score (nSPS) is 17.1. The number of hydrogen-bond acceptors (Lipinski definition) is 2. The van der Waals surface area contributed by atoms with Gasteiger partial charge in [0.1, 0.15) is 11.5 Å². The van der Waals surface area contributed by atoms with Gasteiger partial charge in [0, 0.05) is 5.56 Å². The number of nitrogens with two attached hydrogens (primary N) is 1. The molecule has 0 bridgehead atoms. The van der Waals surface area contributed by atoms with Gasteiger partial charge in [0.15, 0.2) is 0 Å². The van der Waals surface area contributed by atoms with E-state index in [0.29, 0.717) is 17.2 Å². The highest BCUT2D eigenvalue weighted by Crippen LogP contribution is 2.34. The van der Waals surface area contributed by atoms with E-state index in [1.807, 2.05) is 6.07 Å². The van der Waals surface area contributed by atoms with Crippen molar-refractivity contribution in [3.63, 3.8) is 0 Å². The second-order valence-electron chi connectivity index (χ2n) is 5.64. The number of fused-ring (bicyclic) bond motifs is 1. The van der Waals surface area contributed by atoms with Crippen molar-refractivity contribution >= 4 is 5.91 Å². The summed E-state index contributed by atoms with van der Waals surface area (Å²) in [6.45, 7) is 2.27. The lowest BCUT2D eigenvalue weighted by atomic mass is 9.84. The number of aryl methyl sites for hydroxylation is 1. The SMILES string of the molecule is CC1CCCc2ccc(Oc3ccc(C(N)=O)cc3)cc21. The zero-order valence-corrected chi connectivity index (χ0v) is 12.1. The second kappa shape index (κ2) is 5.60. The van der Waals surface area contributed by atoms with Crippen molar-refractivity contribution in [1.29, 1.82) is 0 Å². The van der Waals surface area contributed by atoms with Crippen molar-refractivity contribution in [2.75, 3.05) is 0 Å². The van der Waals surface area contributed by atoms with Crippen molar-refractivity contribution in [3.05, 3.63) is 59.2 Å². The maximum absolute atomic E-state index is 11.0. The summed E-state index contributed by atoms with van der Waals surface area (Å²) in [6.07, 6.45) is 3.67. The number of carbonyl (C=O) groups is 1. The van der Waals surface area contributed by atoms with Crippen LogP contribution >= 0.6 is 0 Å². The molecule has 3 nitrogen and oxygen atoms in total. The van der Waals surface area contributed by atoms with Gasteiger partial charge in [0.2, 0.25) is 5.91 Å². The third kappa shape index (κ3) is 2.92. The first-order valence-electron chi connectivity index (χ1n) is 7.34. The molecule has 0 spiro atoms. The highest BCUT2D eigenvalue weighted by atomic mass is 16.5. The van der Waals surface area contributed by atoms with Gasteiger partial charge in [-0.15, -0.1) is 0 Å². The topological polar surface area (TPSA) is 52.3 Å². The summed E-state index contributed by atoms with van der Waals surface area (Å²) in [7, 11) is 0. The summed E-state index contributed by atoms with van der Waals surface area (Å²) in [6, 6.07) is 13.2. The van der Waals surface area contributed by atoms with Crippen LogP contribution in [0.4, 0.5) is 0 Å². The van der Waals surface area contributed by atoms with Gasteiger partial charge < -0.3 is 10.5 Å². The van der Waals surface area contributed by atoms with Crippen LogP contribution in [0.1, 0.15) is 47.2 Å². The van der Waals surface area contributed by atoms with Crippen molar-refractivity contribution in [3.8, 4) is 11.5 Å². The van der Waals surface area contributed by atoms with Crippen LogP contribution in [-0.4, -0.2) is 5.91 Å². The zero-order valence-electron chi connectivity index (χ0n) is 12.1. The third-order valence-corrected chi connectivity index (χ3v) is 4.11. The summed E-state index contributed by atoms with van der Waals surface area (Å²) in [5.41, 5.74) is 8.55. The Morgan fingerprint density at radius 3 is 2.57 bits per heavy atom. The molecule has 0 radical (unpaired) electrons. The molecule has 2 N–H and O–H groups in total. The van der Waals surface area contributed by atoms with E-state index in [4.69, 9.17) is 10.5 Å². The standard InChI is InChI=1S/C18H19NO2/c1-12-3-2-4-13-5-10-16(11-17(12)13)21-15-8-6-14(7-9-15)18(19)20/h5-12H,2-4H2,1H3,(H2,19,20). The molecule has 1 aliphatic rings. The molecule has 3 heteroatoms. The predicted octanol–water partition coefficient (Wildman–Crippen LogP) is 4.02. The van der Waals surface area contributed by atoms with Gasteiger partial charge in [-0.1, -0.05) is 13.0 Å². The van der Waals surface area contributed by atoms with E-state index in [-0.39, 0.29) is 0 Å². The molecule has 0 saturated carbocycles. The van der Waals surface area contributed by atoms with Crippen molar-refractivity contribution < 1.29 is 9.53 Å². The number of hydrogen-bond donors (Lipinski definition) is 1. The van der Waals surface area contributed by atoms with Gasteiger partial charge in [-0.3, -0.25) is 4.79 Å². The molecule has 0 saturated heterocycles. The molecule has 2 aromatic rings. The van der Waals surface area contributed by atoms with Crippen LogP contribution < -0.4 is 10.5 Å². The van der Waals surface area contributed by atoms with Crippen molar-refractivity contribution in [1.82, 2.24) is 0 Å². The van der Waals surface area contributed by atoms with Crippen LogP contribution in [0.15, 0.2) is 42.5 Å². The Bertz CT molecular complexity index is 661. The number of carbonyl (C=O) groups excluding carboxylic acids is 1. The minimum atomic E-state index is -0.427. The lowest BCUT2D eigenvalue weighted by Gasteiger charge is -2.22. The number of rotatable bonds is 3. The Balaban J connectivity index is 1.81. The summed E-state index contributed by atoms with van der Waals surface area (Å²) in [4.78, 5) is 11.0. The number of ether oxygens (including phenoxy) is 1. The largest absolute Gasteiger partial charge is 0.457 e. The molecule has 0 heterocycles. The number of primary amides is 1. The molecule has 108 valence electrons. The maximum Gasteiger partial charge on any atom is 0.248 e. The first-order valence-corrected chi connectivity index (χ1v) is 7.34. The lowest BCUT2D eigenvalue weighted by molar-refractivity contribution is 0.100. The van der Waals surface area contributed by atoms with Gasteiger partial charge in [-0.05, 0) is 72.7 Å². The first kappa shape index (κ1) is 13.7. The summed E-state index contributed by atoms with van der Waals surface area (Å²) in [5.74, 6) is 1.72.